The van der Waals surface area contributed by atoms with Gasteiger partial charge in [0.25, 0.3) is 0 Å². The zero-order valence-corrected chi connectivity index (χ0v) is 30.3. The lowest BCUT2D eigenvalue weighted by Gasteiger charge is -2.30. The normalized spacial score (nSPS) is 13.2. The van der Waals surface area contributed by atoms with Gasteiger partial charge in [-0.25, -0.2) is 0 Å². The first-order valence-corrected chi connectivity index (χ1v) is 18.5. The highest BCUT2D eigenvalue weighted by molar-refractivity contribution is 6.02. The summed E-state index contributed by atoms with van der Waals surface area (Å²) in [5.41, 5.74) is 18.3. The standard InChI is InChI=1S/C48H35N.C4H6/c1-33(35-16-4-2-5-17-35)49-47(30-27-34-15-14-20-37(31-34)36-18-6-3-7-19-36)38-28-29-46-42(32-38)41-23-10-13-26-45(41)48(46)43-24-11-8-21-39(43)40-22-9-12-25-44(40)48;1-3-4-2/h2-26,28-32H,27H2,1H3;1H,4H2,2H3/b47-30-,49-33?;. The van der Waals surface area contributed by atoms with Crippen molar-refractivity contribution in [3.63, 3.8) is 0 Å². The van der Waals surface area contributed by atoms with Crippen LogP contribution in [0, 0.1) is 12.3 Å². The van der Waals surface area contributed by atoms with Gasteiger partial charge in [-0.2, -0.15) is 0 Å². The largest absolute Gasteiger partial charge is 0.253 e. The second-order valence-corrected chi connectivity index (χ2v) is 13.6. The maximum Gasteiger partial charge on any atom is 0.0725 e. The summed E-state index contributed by atoms with van der Waals surface area (Å²) in [7, 11) is 0. The summed E-state index contributed by atoms with van der Waals surface area (Å²) in [5, 5.41) is 0. The Kier molecular flexibility index (Phi) is 9.29. The maximum absolute atomic E-state index is 5.33. The zero-order valence-electron chi connectivity index (χ0n) is 30.3. The van der Waals surface area contributed by atoms with Crippen LogP contribution in [0.2, 0.25) is 0 Å². The minimum atomic E-state index is -0.345. The van der Waals surface area contributed by atoms with Crippen molar-refractivity contribution in [3.05, 3.63) is 221 Å². The molecule has 53 heavy (non-hydrogen) atoms. The Morgan fingerprint density at radius 3 is 1.66 bits per heavy atom. The Hall–Kier alpha value is -6.49. The molecule has 0 bridgehead atoms. The topological polar surface area (TPSA) is 12.4 Å². The maximum atomic E-state index is 5.33. The summed E-state index contributed by atoms with van der Waals surface area (Å²) in [4.78, 5) is 5.33. The van der Waals surface area contributed by atoms with Gasteiger partial charge in [0.15, 0.2) is 0 Å². The number of benzene rings is 7. The first-order chi connectivity index (χ1) is 26.1. The molecule has 0 saturated carbocycles. The van der Waals surface area contributed by atoms with Crippen LogP contribution in [0.3, 0.4) is 0 Å². The van der Waals surface area contributed by atoms with E-state index in [1.807, 2.05) is 6.92 Å². The third-order valence-electron chi connectivity index (χ3n) is 10.5. The molecule has 0 fully saturated rings. The van der Waals surface area contributed by atoms with Gasteiger partial charge in [-0.15, -0.1) is 12.3 Å². The van der Waals surface area contributed by atoms with Crippen molar-refractivity contribution >= 4 is 11.4 Å². The van der Waals surface area contributed by atoms with Crippen molar-refractivity contribution in [1.82, 2.24) is 0 Å². The number of fused-ring (bicyclic) bond motifs is 10. The number of hydrogen-bond acceptors (Lipinski definition) is 1. The third-order valence-corrected chi connectivity index (χ3v) is 10.5. The lowest BCUT2D eigenvalue weighted by Crippen LogP contribution is -2.25. The van der Waals surface area contributed by atoms with Gasteiger partial charge in [-0.1, -0.05) is 183 Å². The first kappa shape index (κ1) is 33.6. The Labute approximate surface area is 314 Å². The van der Waals surface area contributed by atoms with Crippen LogP contribution >= 0.6 is 0 Å². The van der Waals surface area contributed by atoms with Crippen molar-refractivity contribution in [2.75, 3.05) is 0 Å². The minimum absolute atomic E-state index is 0.345. The van der Waals surface area contributed by atoms with Crippen molar-refractivity contribution in [1.29, 1.82) is 0 Å². The van der Waals surface area contributed by atoms with Crippen molar-refractivity contribution in [2.45, 2.75) is 32.1 Å². The Balaban J connectivity index is 0.000000954. The molecular formula is C52H41N. The predicted molar refractivity (Wildman–Crippen MR) is 224 cm³/mol. The van der Waals surface area contributed by atoms with Crippen molar-refractivity contribution in [2.24, 2.45) is 4.99 Å². The van der Waals surface area contributed by atoms with Gasteiger partial charge in [-0.05, 0) is 86.2 Å². The van der Waals surface area contributed by atoms with E-state index in [0.717, 1.165) is 35.4 Å². The van der Waals surface area contributed by atoms with Crippen LogP contribution in [0.25, 0.3) is 39.1 Å². The number of aliphatic imine (C=N–C) groups is 1. The summed E-state index contributed by atoms with van der Waals surface area (Å²) in [5.74, 6) is 2.43. The third kappa shape index (κ3) is 6.03. The van der Waals surface area contributed by atoms with Gasteiger partial charge >= 0.3 is 0 Å². The minimum Gasteiger partial charge on any atom is -0.253 e. The number of rotatable bonds is 6. The molecule has 0 atom stereocenters. The highest BCUT2D eigenvalue weighted by Crippen LogP contribution is 2.62. The van der Waals surface area contributed by atoms with Crippen molar-refractivity contribution in [3.8, 4) is 45.7 Å². The molecule has 0 radical (unpaired) electrons. The van der Waals surface area contributed by atoms with E-state index in [-0.39, 0.29) is 5.41 Å². The van der Waals surface area contributed by atoms with Gasteiger partial charge in [0.05, 0.1) is 11.1 Å². The lowest BCUT2D eigenvalue weighted by atomic mass is 9.70. The molecule has 1 heteroatoms. The number of allylic oxidation sites excluding steroid dienone is 1. The van der Waals surface area contributed by atoms with E-state index in [0.29, 0.717) is 0 Å². The molecule has 1 nitrogen and oxygen atoms in total. The summed E-state index contributed by atoms with van der Waals surface area (Å²) in [6.45, 7) is 4.06. The number of terminal acetylenes is 1. The van der Waals surface area contributed by atoms with E-state index >= 15 is 0 Å². The Bertz CT molecular complexity index is 2480. The van der Waals surface area contributed by atoms with Crippen molar-refractivity contribution < 1.29 is 0 Å². The lowest BCUT2D eigenvalue weighted by molar-refractivity contribution is 0.793. The van der Waals surface area contributed by atoms with Crippen LogP contribution in [0.5, 0.6) is 0 Å². The molecule has 7 aromatic rings. The monoisotopic (exact) mass is 679 g/mol. The fourth-order valence-corrected chi connectivity index (χ4v) is 8.13. The molecule has 0 N–H and O–H groups in total. The van der Waals surface area contributed by atoms with Crippen LogP contribution in [0.15, 0.2) is 187 Å². The molecule has 0 heterocycles. The first-order valence-electron chi connectivity index (χ1n) is 18.5. The molecule has 254 valence electrons. The molecule has 7 aromatic carbocycles. The van der Waals surface area contributed by atoms with Gasteiger partial charge in [0.2, 0.25) is 0 Å². The molecule has 2 aliphatic rings. The molecule has 0 unspecified atom stereocenters. The highest BCUT2D eigenvalue weighted by Gasteiger charge is 2.51. The fraction of sp³-hybridized carbons (Fsp3) is 0.0962. The molecule has 0 aliphatic heterocycles. The average Bonchev–Trinajstić information content (AvgIpc) is 3.70. The molecule has 2 aliphatic carbocycles. The zero-order chi connectivity index (χ0) is 36.2. The van der Waals surface area contributed by atoms with E-state index in [4.69, 9.17) is 11.4 Å². The van der Waals surface area contributed by atoms with E-state index in [9.17, 15) is 0 Å². The molecule has 0 saturated heterocycles. The summed E-state index contributed by atoms with van der Waals surface area (Å²) in [6.07, 6.45) is 8.70. The van der Waals surface area contributed by atoms with Crippen LogP contribution in [-0.4, -0.2) is 5.71 Å². The summed E-state index contributed by atoms with van der Waals surface area (Å²) < 4.78 is 0. The summed E-state index contributed by atoms with van der Waals surface area (Å²) in [6, 6.07) is 64.0. The molecule has 9 rings (SSSR count). The second-order valence-electron chi connectivity index (χ2n) is 13.6. The average molecular weight is 680 g/mol. The predicted octanol–water partition coefficient (Wildman–Crippen LogP) is 12.8. The van der Waals surface area contributed by atoms with E-state index < -0.39 is 0 Å². The van der Waals surface area contributed by atoms with E-state index in [1.54, 1.807) is 0 Å². The quantitative estimate of drug-likeness (QED) is 0.123. The Morgan fingerprint density at radius 2 is 1.06 bits per heavy atom. The van der Waals surface area contributed by atoms with Crippen LogP contribution in [0.4, 0.5) is 0 Å². The van der Waals surface area contributed by atoms with Gasteiger partial charge in [-0.3, -0.25) is 4.99 Å². The van der Waals surface area contributed by atoms with Crippen LogP contribution in [0.1, 0.15) is 59.2 Å². The van der Waals surface area contributed by atoms with E-state index in [2.05, 4.69) is 195 Å². The van der Waals surface area contributed by atoms with Gasteiger partial charge < -0.3 is 0 Å². The highest BCUT2D eigenvalue weighted by atomic mass is 14.8. The summed E-state index contributed by atoms with van der Waals surface area (Å²) >= 11 is 0. The van der Waals surface area contributed by atoms with E-state index in [1.165, 1.54) is 61.2 Å². The van der Waals surface area contributed by atoms with Crippen LogP contribution < -0.4 is 0 Å². The van der Waals surface area contributed by atoms with Gasteiger partial charge in [0.1, 0.15) is 0 Å². The van der Waals surface area contributed by atoms with Gasteiger partial charge in [0, 0.05) is 17.7 Å². The number of hydrogen-bond donors (Lipinski definition) is 0. The molecular weight excluding hydrogens is 639 g/mol. The Morgan fingerprint density at radius 1 is 0.547 bits per heavy atom. The fourth-order valence-electron chi connectivity index (χ4n) is 8.13. The second kappa shape index (κ2) is 14.6. The van der Waals surface area contributed by atoms with Crippen LogP contribution in [-0.2, 0) is 11.8 Å². The SMILES string of the molecule is C#CCC.CC(=N/C(=C\Cc1cccc(-c2ccccc2)c1)c1ccc2c(c1)-c1ccccc1C21c2ccccc2-c2ccccc21)c1ccccc1. The molecule has 0 amide bonds. The number of nitrogens with zero attached hydrogens (tertiary/aromatic N) is 1. The smallest absolute Gasteiger partial charge is 0.0725 e. The molecule has 1 spiro atoms. The molecule has 0 aromatic heterocycles.